The molecule has 1 aromatic heterocycles. The zero-order chi connectivity index (χ0) is 13.6. The first-order chi connectivity index (χ1) is 9.08. The first-order valence-electron chi connectivity index (χ1n) is 6.31. The van der Waals surface area contributed by atoms with E-state index in [0.717, 1.165) is 24.4 Å². The lowest BCUT2D eigenvalue weighted by molar-refractivity contribution is 0.577. The second kappa shape index (κ2) is 4.42. The third-order valence-electron chi connectivity index (χ3n) is 3.52. The summed E-state index contributed by atoms with van der Waals surface area (Å²) in [6.07, 6.45) is 0.769. The zero-order valence-corrected chi connectivity index (χ0v) is 10.9. The van der Waals surface area contributed by atoms with E-state index in [1.54, 1.807) is 11.5 Å². The summed E-state index contributed by atoms with van der Waals surface area (Å²) in [6, 6.07) is 2.49. The van der Waals surface area contributed by atoms with Gasteiger partial charge in [-0.1, -0.05) is 0 Å². The number of aryl methyl sites for hydroxylation is 2. The van der Waals surface area contributed by atoms with Gasteiger partial charge in [0.15, 0.2) is 0 Å². The molecule has 0 spiro atoms. The molecule has 2 aromatic rings. The van der Waals surface area contributed by atoms with Gasteiger partial charge in [-0.2, -0.15) is 0 Å². The number of hydrogen-bond acceptors (Lipinski definition) is 2. The van der Waals surface area contributed by atoms with Gasteiger partial charge in [0.25, 0.3) is 0 Å². The molecule has 5 heteroatoms. The molecule has 0 radical (unpaired) electrons. The number of nitrogens with zero attached hydrogens (tertiary/aromatic N) is 2. The summed E-state index contributed by atoms with van der Waals surface area (Å²) in [5.74, 6) is -0.122. The molecule has 0 unspecified atom stereocenters. The highest BCUT2D eigenvalue weighted by Crippen LogP contribution is 2.25. The average molecular weight is 263 g/mol. The molecule has 3 nitrogen and oxygen atoms in total. The maximum absolute atomic E-state index is 14.1. The van der Waals surface area contributed by atoms with Crippen LogP contribution in [0.15, 0.2) is 12.1 Å². The summed E-state index contributed by atoms with van der Waals surface area (Å²) in [5.41, 5.74) is 2.45. The van der Waals surface area contributed by atoms with Crippen molar-refractivity contribution in [1.82, 2.24) is 14.9 Å². The molecule has 0 fully saturated rings. The molecule has 0 atom stereocenters. The van der Waals surface area contributed by atoms with Gasteiger partial charge in [0.2, 0.25) is 0 Å². The summed E-state index contributed by atoms with van der Waals surface area (Å²) >= 11 is 0. The Morgan fingerprint density at radius 3 is 2.79 bits per heavy atom. The highest BCUT2D eigenvalue weighted by Gasteiger charge is 2.21. The van der Waals surface area contributed by atoms with Crippen LogP contribution in [0, 0.1) is 25.5 Å². The molecule has 1 aromatic carbocycles. The van der Waals surface area contributed by atoms with Gasteiger partial charge in [0, 0.05) is 31.3 Å². The lowest BCUT2D eigenvalue weighted by Gasteiger charge is -2.16. The molecule has 0 amide bonds. The van der Waals surface area contributed by atoms with E-state index in [2.05, 4.69) is 10.3 Å². The molecule has 1 N–H and O–H groups in total. The number of benzene rings is 1. The van der Waals surface area contributed by atoms with Crippen LogP contribution >= 0.6 is 0 Å². The van der Waals surface area contributed by atoms with Gasteiger partial charge in [-0.25, -0.2) is 13.8 Å². The number of halogens is 2. The third-order valence-corrected chi connectivity index (χ3v) is 3.52. The van der Waals surface area contributed by atoms with Crippen molar-refractivity contribution in [2.75, 3.05) is 6.54 Å². The predicted molar refractivity (Wildman–Crippen MR) is 68.4 cm³/mol. The monoisotopic (exact) mass is 263 g/mol. The largest absolute Gasteiger partial charge is 0.311 e. The number of nitrogens with one attached hydrogen (secondary N) is 1. The Bertz CT molecular complexity index is 647. The van der Waals surface area contributed by atoms with Crippen LogP contribution in [0.4, 0.5) is 8.78 Å². The normalized spacial score (nSPS) is 14.5. The number of fused-ring (bicyclic) bond motifs is 1. The van der Waals surface area contributed by atoms with Crippen LogP contribution in [0.5, 0.6) is 0 Å². The van der Waals surface area contributed by atoms with Crippen molar-refractivity contribution >= 4 is 0 Å². The van der Waals surface area contributed by atoms with E-state index in [4.69, 9.17) is 0 Å². The quantitative estimate of drug-likeness (QED) is 0.856. The van der Waals surface area contributed by atoms with E-state index >= 15 is 0 Å². The standard InChI is InChI=1S/C14H15F2N3/c1-8-5-11(16)14(6-10(8)15)19-9(2)18-12-7-17-4-3-13(12)19/h5-6,17H,3-4,7H2,1-2H3. The molecule has 3 rings (SSSR count). The first kappa shape index (κ1) is 12.3. The maximum atomic E-state index is 14.1. The van der Waals surface area contributed by atoms with E-state index in [9.17, 15) is 8.78 Å². The van der Waals surface area contributed by atoms with E-state index in [-0.39, 0.29) is 5.69 Å². The second-order valence-electron chi connectivity index (χ2n) is 4.87. The molecule has 100 valence electrons. The minimum atomic E-state index is -0.416. The fraction of sp³-hybridized carbons (Fsp3) is 0.357. The highest BCUT2D eigenvalue weighted by molar-refractivity contribution is 5.42. The van der Waals surface area contributed by atoms with Gasteiger partial charge in [-0.3, -0.25) is 4.57 Å². The van der Waals surface area contributed by atoms with Crippen molar-refractivity contribution in [3.63, 3.8) is 0 Å². The molecular weight excluding hydrogens is 248 g/mol. The first-order valence-corrected chi connectivity index (χ1v) is 6.31. The van der Waals surface area contributed by atoms with Crippen LogP contribution in [0.25, 0.3) is 5.69 Å². The van der Waals surface area contributed by atoms with Crippen LogP contribution in [0.3, 0.4) is 0 Å². The summed E-state index contributed by atoms with van der Waals surface area (Å²) < 4.78 is 29.5. The Morgan fingerprint density at radius 1 is 1.21 bits per heavy atom. The molecule has 0 saturated carbocycles. The smallest absolute Gasteiger partial charge is 0.147 e. The number of rotatable bonds is 1. The molecule has 1 aliphatic rings. The maximum Gasteiger partial charge on any atom is 0.147 e. The van der Waals surface area contributed by atoms with Crippen molar-refractivity contribution in [2.24, 2.45) is 0 Å². The van der Waals surface area contributed by atoms with Crippen LogP contribution in [-0.2, 0) is 13.0 Å². The summed E-state index contributed by atoms with van der Waals surface area (Å²) in [6.45, 7) is 4.88. The molecule has 1 aliphatic heterocycles. The van der Waals surface area contributed by atoms with Gasteiger partial charge in [0.05, 0.1) is 11.4 Å². The lowest BCUT2D eigenvalue weighted by Crippen LogP contribution is -2.25. The average Bonchev–Trinajstić information content (AvgIpc) is 2.70. The SMILES string of the molecule is Cc1cc(F)c(-n2c(C)nc3c2CCNC3)cc1F. The van der Waals surface area contributed by atoms with Crippen LogP contribution in [-0.4, -0.2) is 16.1 Å². The second-order valence-corrected chi connectivity index (χ2v) is 4.87. The van der Waals surface area contributed by atoms with Crippen LogP contribution < -0.4 is 5.32 Å². The van der Waals surface area contributed by atoms with Crippen LogP contribution in [0.2, 0.25) is 0 Å². The summed E-state index contributed by atoms with van der Waals surface area (Å²) in [7, 11) is 0. The zero-order valence-electron chi connectivity index (χ0n) is 10.9. The number of aromatic nitrogens is 2. The van der Waals surface area contributed by atoms with Crippen molar-refractivity contribution in [3.8, 4) is 5.69 Å². The Hall–Kier alpha value is -1.75. The van der Waals surface area contributed by atoms with Crippen molar-refractivity contribution in [2.45, 2.75) is 26.8 Å². The topological polar surface area (TPSA) is 29.9 Å². The van der Waals surface area contributed by atoms with Crippen molar-refractivity contribution in [1.29, 1.82) is 0 Å². The minimum Gasteiger partial charge on any atom is -0.311 e. The van der Waals surface area contributed by atoms with E-state index < -0.39 is 11.6 Å². The van der Waals surface area contributed by atoms with E-state index in [0.29, 0.717) is 17.9 Å². The van der Waals surface area contributed by atoms with Crippen molar-refractivity contribution < 1.29 is 8.78 Å². The third kappa shape index (κ3) is 1.94. The molecule has 19 heavy (non-hydrogen) atoms. The van der Waals surface area contributed by atoms with Crippen molar-refractivity contribution in [3.05, 3.63) is 46.5 Å². The number of hydrogen-bond donors (Lipinski definition) is 1. The van der Waals surface area contributed by atoms with Gasteiger partial charge < -0.3 is 5.32 Å². The Kier molecular flexibility index (Phi) is 2.86. The van der Waals surface area contributed by atoms with E-state index in [1.807, 2.05) is 6.92 Å². The fourth-order valence-corrected chi connectivity index (χ4v) is 2.57. The van der Waals surface area contributed by atoms with Gasteiger partial charge >= 0.3 is 0 Å². The fourth-order valence-electron chi connectivity index (χ4n) is 2.57. The predicted octanol–water partition coefficient (Wildman–Crippen LogP) is 2.41. The highest BCUT2D eigenvalue weighted by atomic mass is 19.1. The van der Waals surface area contributed by atoms with Gasteiger partial charge in [-0.05, 0) is 25.5 Å². The number of imidazole rings is 1. The van der Waals surface area contributed by atoms with E-state index in [1.165, 1.54) is 12.1 Å². The molecule has 0 aliphatic carbocycles. The summed E-state index contributed by atoms with van der Waals surface area (Å²) in [4.78, 5) is 4.43. The van der Waals surface area contributed by atoms with Gasteiger partial charge in [0.1, 0.15) is 17.5 Å². The van der Waals surface area contributed by atoms with Gasteiger partial charge in [-0.15, -0.1) is 0 Å². The molecule has 2 heterocycles. The van der Waals surface area contributed by atoms with Crippen LogP contribution in [0.1, 0.15) is 22.8 Å². The lowest BCUT2D eigenvalue weighted by atomic mass is 10.1. The Morgan fingerprint density at radius 2 is 2.00 bits per heavy atom. The molecule has 0 saturated heterocycles. The Labute approximate surface area is 110 Å². The molecular formula is C14H15F2N3. The summed E-state index contributed by atoms with van der Waals surface area (Å²) in [5, 5.41) is 3.22. The Balaban J connectivity index is 2.22. The molecule has 0 bridgehead atoms. The minimum absolute atomic E-state index is 0.247.